The Morgan fingerprint density at radius 3 is 2.46 bits per heavy atom. The monoisotopic (exact) mass is 544 g/mol. The molecule has 0 radical (unpaired) electrons. The van der Waals surface area contributed by atoms with Crippen LogP contribution in [0.15, 0.2) is 30.5 Å². The highest BCUT2D eigenvalue weighted by Gasteiger charge is 2.36. The van der Waals surface area contributed by atoms with Gasteiger partial charge in [0.05, 0.1) is 29.1 Å². The van der Waals surface area contributed by atoms with Crippen molar-refractivity contribution in [3.63, 3.8) is 0 Å². The molecule has 1 aromatic heterocycles. The zero-order valence-corrected chi connectivity index (χ0v) is 21.4. The molecule has 4 N–H and O–H groups in total. The van der Waals surface area contributed by atoms with Gasteiger partial charge in [-0.2, -0.15) is 13.2 Å². The van der Waals surface area contributed by atoms with Crippen molar-refractivity contribution in [2.75, 3.05) is 5.32 Å². The van der Waals surface area contributed by atoms with E-state index in [1.807, 2.05) is 0 Å². The van der Waals surface area contributed by atoms with Gasteiger partial charge >= 0.3 is 12.3 Å². The molecule has 9 nitrogen and oxygen atoms in total. The summed E-state index contributed by atoms with van der Waals surface area (Å²) in [5, 5.41) is 4.91. The van der Waals surface area contributed by atoms with Gasteiger partial charge in [-0.05, 0) is 46.2 Å². The number of benzene rings is 1. The van der Waals surface area contributed by atoms with Gasteiger partial charge in [0.15, 0.2) is 0 Å². The highest BCUT2D eigenvalue weighted by Crippen LogP contribution is 2.39. The molecule has 37 heavy (non-hydrogen) atoms. The van der Waals surface area contributed by atoms with E-state index in [1.54, 1.807) is 20.8 Å². The van der Waals surface area contributed by atoms with E-state index in [9.17, 15) is 27.6 Å². The molecule has 0 bridgehead atoms. The summed E-state index contributed by atoms with van der Waals surface area (Å²) in [4.78, 5) is 39.7. The molecule has 1 heterocycles. The molecule has 2 aromatic rings. The fourth-order valence-corrected chi connectivity index (χ4v) is 3.27. The predicted molar refractivity (Wildman–Crippen MR) is 130 cm³/mol. The first-order valence-corrected chi connectivity index (χ1v) is 11.5. The average molecular weight is 545 g/mol. The Bertz CT molecular complexity index is 1150. The standard InChI is InChI=1S/C24H28ClF3N4O5/c1-13(8-9-19(33)32-17-12-30-18(25)10-15(17)21(29)34)36-20-14(6-5-7-16(20)24(26,27)28)11-31-22(35)37-23(2,3)4/h5-7,10,12-13H,8-9,11H2,1-4H3,(H2,29,34)(H,31,35)(H,32,33). The maximum absolute atomic E-state index is 13.7. The largest absolute Gasteiger partial charge is 0.490 e. The fraction of sp³-hybridized carbons (Fsp3) is 0.417. The van der Waals surface area contributed by atoms with Crippen LogP contribution in [0.2, 0.25) is 5.15 Å². The van der Waals surface area contributed by atoms with Crippen molar-refractivity contribution in [2.24, 2.45) is 5.73 Å². The third kappa shape index (κ3) is 9.45. The van der Waals surface area contributed by atoms with Crippen molar-refractivity contribution in [3.05, 3.63) is 52.3 Å². The van der Waals surface area contributed by atoms with Gasteiger partial charge in [0, 0.05) is 18.5 Å². The zero-order valence-electron chi connectivity index (χ0n) is 20.7. The molecule has 13 heteroatoms. The maximum Gasteiger partial charge on any atom is 0.419 e. The highest BCUT2D eigenvalue weighted by atomic mass is 35.5. The summed E-state index contributed by atoms with van der Waals surface area (Å²) in [6.07, 6.45) is -5.29. The van der Waals surface area contributed by atoms with Crippen LogP contribution in [-0.4, -0.2) is 34.6 Å². The normalized spacial score (nSPS) is 12.4. The Morgan fingerprint density at radius 2 is 1.86 bits per heavy atom. The minimum Gasteiger partial charge on any atom is -0.490 e. The van der Waals surface area contributed by atoms with E-state index in [1.165, 1.54) is 31.3 Å². The van der Waals surface area contributed by atoms with E-state index in [-0.39, 0.29) is 41.4 Å². The van der Waals surface area contributed by atoms with Gasteiger partial charge in [0.1, 0.15) is 16.5 Å². The Balaban J connectivity index is 2.11. The molecule has 2 rings (SSSR count). The number of hydrogen-bond donors (Lipinski definition) is 3. The number of ether oxygens (including phenoxy) is 2. The summed E-state index contributed by atoms with van der Waals surface area (Å²) < 4.78 is 51.8. The number of alkyl carbamates (subject to hydrolysis) is 1. The molecule has 0 aliphatic carbocycles. The Kier molecular flexibility index (Phi) is 9.73. The van der Waals surface area contributed by atoms with Gasteiger partial charge in [0.25, 0.3) is 5.91 Å². The zero-order chi connectivity index (χ0) is 28.0. The Labute approximate surface area is 216 Å². The van der Waals surface area contributed by atoms with E-state index in [0.29, 0.717) is 0 Å². The lowest BCUT2D eigenvalue weighted by Crippen LogP contribution is -2.32. The van der Waals surface area contributed by atoms with E-state index >= 15 is 0 Å². The highest BCUT2D eigenvalue weighted by molar-refractivity contribution is 6.30. The van der Waals surface area contributed by atoms with Crippen LogP contribution in [-0.2, 0) is 22.3 Å². The molecule has 0 saturated heterocycles. The number of alkyl halides is 3. The molecular weight excluding hydrogens is 517 g/mol. The van der Waals surface area contributed by atoms with Crippen molar-refractivity contribution >= 4 is 35.2 Å². The van der Waals surface area contributed by atoms with Gasteiger partial charge in [0.2, 0.25) is 5.91 Å². The number of amides is 3. The third-order valence-electron chi connectivity index (χ3n) is 4.73. The van der Waals surface area contributed by atoms with Crippen LogP contribution in [0.1, 0.15) is 62.0 Å². The second kappa shape index (κ2) is 12.1. The molecule has 0 fully saturated rings. The topological polar surface area (TPSA) is 133 Å². The number of rotatable bonds is 9. The Hall–Kier alpha value is -3.54. The Morgan fingerprint density at radius 1 is 1.19 bits per heavy atom. The van der Waals surface area contributed by atoms with Crippen molar-refractivity contribution in [1.82, 2.24) is 10.3 Å². The first kappa shape index (κ1) is 29.7. The van der Waals surface area contributed by atoms with Gasteiger partial charge in [-0.1, -0.05) is 23.7 Å². The van der Waals surface area contributed by atoms with Crippen LogP contribution in [0.3, 0.4) is 0 Å². The molecule has 0 spiro atoms. The molecule has 3 amide bonds. The minimum absolute atomic E-state index is 0.00844. The number of halogens is 4. The summed E-state index contributed by atoms with van der Waals surface area (Å²) in [5.74, 6) is -1.83. The smallest absolute Gasteiger partial charge is 0.419 e. The number of aromatic nitrogens is 1. The van der Waals surface area contributed by atoms with Crippen LogP contribution in [0.25, 0.3) is 0 Å². The third-order valence-corrected chi connectivity index (χ3v) is 4.94. The van der Waals surface area contributed by atoms with Crippen molar-refractivity contribution < 1.29 is 37.0 Å². The van der Waals surface area contributed by atoms with Crippen LogP contribution in [0, 0.1) is 0 Å². The number of nitrogens with one attached hydrogen (secondary N) is 2. The molecular formula is C24H28ClF3N4O5. The van der Waals surface area contributed by atoms with Crippen LogP contribution < -0.4 is 21.1 Å². The molecule has 202 valence electrons. The number of nitrogens with zero attached hydrogens (tertiary/aromatic N) is 1. The fourth-order valence-electron chi connectivity index (χ4n) is 3.11. The lowest BCUT2D eigenvalue weighted by atomic mass is 10.1. The lowest BCUT2D eigenvalue weighted by molar-refractivity contribution is -0.139. The number of anilines is 1. The molecule has 0 aliphatic heterocycles. The maximum atomic E-state index is 13.7. The van der Waals surface area contributed by atoms with Gasteiger partial charge < -0.3 is 25.8 Å². The molecule has 1 unspecified atom stereocenters. The van der Waals surface area contributed by atoms with E-state index in [4.69, 9.17) is 26.8 Å². The van der Waals surface area contributed by atoms with Crippen molar-refractivity contribution in [3.8, 4) is 5.75 Å². The van der Waals surface area contributed by atoms with Gasteiger partial charge in [-0.15, -0.1) is 0 Å². The molecule has 0 saturated carbocycles. The van der Waals surface area contributed by atoms with Crippen LogP contribution >= 0.6 is 11.6 Å². The number of para-hydroxylation sites is 1. The van der Waals surface area contributed by atoms with Crippen LogP contribution in [0.5, 0.6) is 5.75 Å². The quantitative estimate of drug-likeness (QED) is 0.378. The second-order valence-electron chi connectivity index (χ2n) is 9.08. The van der Waals surface area contributed by atoms with Crippen molar-refractivity contribution in [1.29, 1.82) is 0 Å². The summed E-state index contributed by atoms with van der Waals surface area (Å²) in [6, 6.07) is 4.66. The van der Waals surface area contributed by atoms with Gasteiger partial charge in [-0.3, -0.25) is 9.59 Å². The summed E-state index contributed by atoms with van der Waals surface area (Å²) in [5.41, 5.74) is 3.56. The number of primary amides is 1. The number of nitrogens with two attached hydrogens (primary N) is 1. The predicted octanol–water partition coefficient (Wildman–Crippen LogP) is 5.06. The van der Waals surface area contributed by atoms with E-state index < -0.39 is 47.1 Å². The van der Waals surface area contributed by atoms with E-state index in [0.717, 1.165) is 6.07 Å². The summed E-state index contributed by atoms with van der Waals surface area (Å²) in [6.45, 7) is 6.19. The molecule has 0 aliphatic rings. The number of pyridine rings is 1. The second-order valence-corrected chi connectivity index (χ2v) is 9.47. The number of carbonyl (C=O) groups is 3. The molecule has 1 aromatic carbocycles. The SMILES string of the molecule is CC(CCC(=O)Nc1cnc(Cl)cc1C(N)=O)Oc1c(CNC(=O)OC(C)(C)C)cccc1C(F)(F)F. The molecule has 1 atom stereocenters. The van der Waals surface area contributed by atoms with Gasteiger partial charge in [-0.25, -0.2) is 9.78 Å². The summed E-state index contributed by atoms with van der Waals surface area (Å²) in [7, 11) is 0. The number of hydrogen-bond acceptors (Lipinski definition) is 6. The average Bonchev–Trinajstić information content (AvgIpc) is 2.76. The van der Waals surface area contributed by atoms with Crippen molar-refractivity contribution in [2.45, 2.75) is 65.0 Å². The lowest BCUT2D eigenvalue weighted by Gasteiger charge is -2.23. The van der Waals surface area contributed by atoms with E-state index in [2.05, 4.69) is 15.6 Å². The summed E-state index contributed by atoms with van der Waals surface area (Å²) >= 11 is 5.74. The van der Waals surface area contributed by atoms with Crippen LogP contribution in [0.4, 0.5) is 23.7 Å². The first-order valence-electron chi connectivity index (χ1n) is 11.1. The minimum atomic E-state index is -4.72. The number of carbonyl (C=O) groups excluding carboxylic acids is 3. The first-order chi connectivity index (χ1) is 17.1.